The minimum atomic E-state index is -0.679. The third-order valence-electron chi connectivity index (χ3n) is 5.71. The van der Waals surface area contributed by atoms with E-state index in [9.17, 15) is 19.1 Å². The van der Waals surface area contributed by atoms with Crippen LogP contribution in [0.25, 0.3) is 10.6 Å². The summed E-state index contributed by atoms with van der Waals surface area (Å²) in [5, 5.41) is 19.8. The van der Waals surface area contributed by atoms with Crippen molar-refractivity contribution in [2.75, 3.05) is 6.61 Å². The van der Waals surface area contributed by atoms with E-state index in [-0.39, 0.29) is 22.3 Å². The van der Waals surface area contributed by atoms with Gasteiger partial charge in [-0.05, 0) is 31.0 Å². The van der Waals surface area contributed by atoms with Gasteiger partial charge >= 0.3 is 0 Å². The summed E-state index contributed by atoms with van der Waals surface area (Å²) in [6.45, 7) is 2.76. The summed E-state index contributed by atoms with van der Waals surface area (Å²) in [4.78, 5) is 27.5. The Morgan fingerprint density at radius 1 is 1.34 bits per heavy atom. The molecule has 3 aromatic rings. The van der Waals surface area contributed by atoms with Gasteiger partial charge in [-0.25, -0.2) is 4.39 Å². The van der Waals surface area contributed by atoms with Crippen molar-refractivity contribution in [1.29, 1.82) is 0 Å². The molecule has 0 saturated carbocycles. The maximum atomic E-state index is 13.4. The lowest BCUT2D eigenvalue weighted by Crippen LogP contribution is -2.56. The van der Waals surface area contributed by atoms with Gasteiger partial charge in [0.1, 0.15) is 10.8 Å². The van der Waals surface area contributed by atoms with Gasteiger partial charge in [0.05, 0.1) is 23.7 Å². The fraction of sp³-hybridized carbons (Fsp3) is 0.333. The van der Waals surface area contributed by atoms with Crippen molar-refractivity contribution >= 4 is 28.8 Å². The van der Waals surface area contributed by atoms with Crippen LogP contribution in [0.2, 0.25) is 5.02 Å². The van der Waals surface area contributed by atoms with Crippen LogP contribution < -0.4 is 5.43 Å². The van der Waals surface area contributed by atoms with Gasteiger partial charge < -0.3 is 19.3 Å². The summed E-state index contributed by atoms with van der Waals surface area (Å²) in [7, 11) is 0. The van der Waals surface area contributed by atoms with Crippen LogP contribution >= 0.6 is 22.9 Å². The molecular weight excluding hydrogens is 459 g/mol. The summed E-state index contributed by atoms with van der Waals surface area (Å²) < 4.78 is 20.7. The summed E-state index contributed by atoms with van der Waals surface area (Å²) in [5.74, 6) is -1.54. The third kappa shape index (κ3) is 3.48. The van der Waals surface area contributed by atoms with Gasteiger partial charge in [-0.15, -0.1) is 10.2 Å². The fourth-order valence-electron chi connectivity index (χ4n) is 4.07. The highest BCUT2D eigenvalue weighted by Gasteiger charge is 2.40. The molecule has 2 atom stereocenters. The van der Waals surface area contributed by atoms with Crippen molar-refractivity contribution in [3.8, 4) is 16.3 Å². The molecule has 8 nitrogen and oxygen atoms in total. The number of aromatic hydroxyl groups is 1. The van der Waals surface area contributed by atoms with Crippen LogP contribution in [0, 0.1) is 5.82 Å². The highest BCUT2D eigenvalue weighted by Crippen LogP contribution is 2.32. The van der Waals surface area contributed by atoms with Gasteiger partial charge in [-0.2, -0.15) is 0 Å². The van der Waals surface area contributed by atoms with Crippen LogP contribution in [0.5, 0.6) is 5.75 Å². The number of carbonyl (C=O) groups is 1. The number of hydrogen-bond donors (Lipinski definition) is 1. The zero-order chi connectivity index (χ0) is 22.6. The van der Waals surface area contributed by atoms with Crippen molar-refractivity contribution in [3.05, 3.63) is 61.7 Å². The highest BCUT2D eigenvalue weighted by atomic mass is 35.5. The second-order valence-corrected chi connectivity index (χ2v) is 9.29. The van der Waals surface area contributed by atoms with Crippen LogP contribution in [0.15, 0.2) is 29.2 Å². The quantitative estimate of drug-likeness (QED) is 0.624. The summed E-state index contributed by atoms with van der Waals surface area (Å²) >= 11 is 7.01. The summed E-state index contributed by atoms with van der Waals surface area (Å²) in [5.41, 5.74) is 0.176. The Labute approximate surface area is 190 Å². The molecule has 1 fully saturated rings. The van der Waals surface area contributed by atoms with Crippen LogP contribution in [-0.2, 0) is 17.7 Å². The van der Waals surface area contributed by atoms with E-state index >= 15 is 0 Å². The number of nitrogens with zero attached hydrogens (tertiary/aromatic N) is 4. The normalized spacial score (nSPS) is 20.2. The van der Waals surface area contributed by atoms with E-state index < -0.39 is 29.1 Å². The molecule has 2 aliphatic rings. The van der Waals surface area contributed by atoms with E-state index in [0.29, 0.717) is 36.0 Å². The van der Waals surface area contributed by atoms with Gasteiger partial charge in [0.2, 0.25) is 5.43 Å². The number of fused-ring (bicyclic) bond motifs is 2. The van der Waals surface area contributed by atoms with Crippen LogP contribution in [0.1, 0.15) is 34.4 Å². The first-order valence-electron chi connectivity index (χ1n) is 10.0. The standard InChI is InChI=1S/C21H18ClFN4O4S/c1-10-4-5-31-16-9-26-8-12(18(28)19(29)17(26)21(30)27(10)16)20-25-24-15(32-20)7-11-2-3-14(23)13(22)6-11/h2-3,6,8,10,16,29H,4-5,7,9H2,1H3/t10-,16+/m1/s1. The molecule has 5 rings (SSSR count). The third-order valence-corrected chi connectivity index (χ3v) is 6.96. The summed E-state index contributed by atoms with van der Waals surface area (Å²) in [6.07, 6.45) is 2.12. The number of hydrogen-bond acceptors (Lipinski definition) is 7. The molecule has 0 bridgehead atoms. The number of ether oxygens (including phenoxy) is 1. The Hall–Kier alpha value is -2.82. The van der Waals surface area contributed by atoms with Gasteiger partial charge in [0.15, 0.2) is 22.7 Å². The SMILES string of the molecule is C[C@@H]1CCO[C@H]2Cn3cc(-c4nnc(Cc5ccc(F)c(Cl)c5)s4)c(=O)c(O)c3C(=O)N12. The Morgan fingerprint density at radius 2 is 2.16 bits per heavy atom. The van der Waals surface area contributed by atoms with E-state index in [1.807, 2.05) is 6.92 Å². The number of rotatable bonds is 3. The monoisotopic (exact) mass is 476 g/mol. The first-order chi connectivity index (χ1) is 15.3. The first kappa shape index (κ1) is 21.0. The van der Waals surface area contributed by atoms with E-state index in [2.05, 4.69) is 10.2 Å². The molecule has 4 heterocycles. The fourth-order valence-corrected chi connectivity index (χ4v) is 5.15. The predicted octanol–water partition coefficient (Wildman–Crippen LogP) is 3.05. The second kappa shape index (κ2) is 7.95. The number of amides is 1. The zero-order valence-corrected chi connectivity index (χ0v) is 18.5. The molecule has 1 saturated heterocycles. The van der Waals surface area contributed by atoms with Gasteiger partial charge in [0.25, 0.3) is 5.91 Å². The molecular formula is C21H18ClFN4O4S. The molecule has 0 spiro atoms. The minimum absolute atomic E-state index is 0.0167. The lowest BCUT2D eigenvalue weighted by molar-refractivity contribution is -0.112. The molecule has 2 aliphatic heterocycles. The number of pyridine rings is 1. The van der Waals surface area contributed by atoms with Crippen molar-refractivity contribution in [2.24, 2.45) is 0 Å². The number of benzene rings is 1. The topological polar surface area (TPSA) is 97.5 Å². The first-order valence-corrected chi connectivity index (χ1v) is 11.2. The van der Waals surface area contributed by atoms with E-state index in [4.69, 9.17) is 16.3 Å². The molecule has 0 aliphatic carbocycles. The molecule has 0 unspecified atom stereocenters. The van der Waals surface area contributed by atoms with Crippen LogP contribution in [0.3, 0.4) is 0 Å². The maximum Gasteiger partial charge on any atom is 0.276 e. The molecule has 166 valence electrons. The van der Waals surface area contributed by atoms with Gasteiger partial charge in [0, 0.05) is 18.7 Å². The Morgan fingerprint density at radius 3 is 2.94 bits per heavy atom. The molecule has 2 aromatic heterocycles. The average Bonchev–Trinajstić information content (AvgIpc) is 3.21. The minimum Gasteiger partial charge on any atom is -0.503 e. The zero-order valence-electron chi connectivity index (χ0n) is 16.9. The molecule has 1 N–H and O–H groups in total. The Bertz CT molecular complexity index is 1290. The average molecular weight is 477 g/mol. The molecule has 11 heteroatoms. The molecule has 1 aromatic carbocycles. The Kier molecular flexibility index (Phi) is 5.23. The number of halogens is 2. The molecule has 0 radical (unpaired) electrons. The molecule has 1 amide bonds. The predicted molar refractivity (Wildman–Crippen MR) is 115 cm³/mol. The molecule has 32 heavy (non-hydrogen) atoms. The Balaban J connectivity index is 1.49. The smallest absolute Gasteiger partial charge is 0.276 e. The van der Waals surface area contributed by atoms with Gasteiger partial charge in [-0.1, -0.05) is 29.0 Å². The largest absolute Gasteiger partial charge is 0.503 e. The summed E-state index contributed by atoms with van der Waals surface area (Å²) in [6, 6.07) is 4.35. The van der Waals surface area contributed by atoms with Gasteiger partial charge in [-0.3, -0.25) is 9.59 Å². The number of aromatic nitrogens is 3. The van der Waals surface area contributed by atoms with Crippen LogP contribution in [0.4, 0.5) is 4.39 Å². The lowest BCUT2D eigenvalue weighted by Gasteiger charge is -2.44. The van der Waals surface area contributed by atoms with E-state index in [1.54, 1.807) is 15.5 Å². The van der Waals surface area contributed by atoms with Crippen molar-refractivity contribution < 1.29 is 19.0 Å². The highest BCUT2D eigenvalue weighted by molar-refractivity contribution is 7.14. The van der Waals surface area contributed by atoms with Crippen molar-refractivity contribution in [2.45, 2.75) is 38.6 Å². The number of carbonyl (C=O) groups excluding carboxylic acids is 1. The van der Waals surface area contributed by atoms with Crippen molar-refractivity contribution in [1.82, 2.24) is 19.7 Å². The maximum absolute atomic E-state index is 13.4. The van der Waals surface area contributed by atoms with E-state index in [1.165, 1.54) is 29.7 Å². The van der Waals surface area contributed by atoms with Crippen LogP contribution in [-0.4, -0.2) is 49.6 Å². The van der Waals surface area contributed by atoms with E-state index in [0.717, 1.165) is 5.56 Å². The lowest BCUT2D eigenvalue weighted by atomic mass is 10.1. The van der Waals surface area contributed by atoms with Crippen molar-refractivity contribution in [3.63, 3.8) is 0 Å². The second-order valence-electron chi connectivity index (χ2n) is 7.82.